The fourth-order valence-corrected chi connectivity index (χ4v) is 4.38. The number of carbonyl (C=O) groups excluding carboxylic acids is 1. The Morgan fingerprint density at radius 3 is 2.38 bits per heavy atom. The first-order valence-corrected chi connectivity index (χ1v) is 12.8. The highest BCUT2D eigenvalue weighted by molar-refractivity contribution is 5.88. The molecule has 1 aliphatic heterocycles. The smallest absolute Gasteiger partial charge is 0.243 e. The zero-order valence-electron chi connectivity index (χ0n) is 21.7. The number of likely N-dealkylation sites (N-methyl/N-ethyl adjacent to an activating group) is 1. The monoisotopic (exact) mass is 502 g/mol. The van der Waals surface area contributed by atoms with E-state index in [0.717, 1.165) is 37.3 Å². The summed E-state index contributed by atoms with van der Waals surface area (Å²) in [4.78, 5) is 27.2. The van der Waals surface area contributed by atoms with Crippen LogP contribution in [0.15, 0.2) is 42.5 Å². The Bertz CT molecular complexity index is 1270. The maximum absolute atomic E-state index is 13.2. The first-order valence-electron chi connectivity index (χ1n) is 12.8. The van der Waals surface area contributed by atoms with Gasteiger partial charge in [0.05, 0.1) is 30.3 Å². The summed E-state index contributed by atoms with van der Waals surface area (Å²) >= 11 is 0. The van der Waals surface area contributed by atoms with Gasteiger partial charge in [-0.05, 0) is 57.1 Å². The van der Waals surface area contributed by atoms with Crippen molar-refractivity contribution in [3.05, 3.63) is 53.7 Å². The van der Waals surface area contributed by atoms with Gasteiger partial charge in [-0.25, -0.2) is 9.97 Å². The van der Waals surface area contributed by atoms with Crippen molar-refractivity contribution >= 4 is 22.8 Å². The topological polar surface area (TPSA) is 104 Å². The molecule has 0 aliphatic carbocycles. The van der Waals surface area contributed by atoms with Crippen molar-refractivity contribution in [1.29, 1.82) is 5.26 Å². The molecule has 0 saturated carbocycles. The van der Waals surface area contributed by atoms with Crippen molar-refractivity contribution in [2.75, 3.05) is 57.9 Å². The number of para-hydroxylation sites is 2. The van der Waals surface area contributed by atoms with Gasteiger partial charge in [-0.15, -0.1) is 0 Å². The molecule has 1 fully saturated rings. The molecule has 37 heavy (non-hydrogen) atoms. The van der Waals surface area contributed by atoms with Gasteiger partial charge in [0.2, 0.25) is 5.91 Å². The third-order valence-corrected chi connectivity index (χ3v) is 6.37. The molecule has 1 amide bonds. The van der Waals surface area contributed by atoms with Crippen molar-refractivity contribution in [3.63, 3.8) is 0 Å². The Labute approximate surface area is 218 Å². The summed E-state index contributed by atoms with van der Waals surface area (Å²) in [6.45, 7) is 8.60. The fourth-order valence-electron chi connectivity index (χ4n) is 4.38. The average molecular weight is 503 g/mol. The number of aromatic nitrogens is 2. The minimum Gasteiger partial charge on any atom is -0.490 e. The van der Waals surface area contributed by atoms with Gasteiger partial charge in [0.15, 0.2) is 23.2 Å². The van der Waals surface area contributed by atoms with Crippen LogP contribution in [0.25, 0.3) is 11.0 Å². The summed E-state index contributed by atoms with van der Waals surface area (Å²) < 4.78 is 11.3. The van der Waals surface area contributed by atoms with E-state index in [-0.39, 0.29) is 5.91 Å². The number of anilines is 1. The number of nitriles is 1. The number of benzene rings is 2. The lowest BCUT2D eigenvalue weighted by Crippen LogP contribution is -2.45. The summed E-state index contributed by atoms with van der Waals surface area (Å²) in [5.41, 5.74) is 2.83. The van der Waals surface area contributed by atoms with Gasteiger partial charge in [-0.2, -0.15) is 5.26 Å². The fraction of sp³-hybridized carbons (Fsp3) is 0.429. The quantitative estimate of drug-likeness (QED) is 0.451. The second kappa shape index (κ2) is 12.4. The number of nitrogens with zero attached hydrogens (tertiary/aromatic N) is 5. The van der Waals surface area contributed by atoms with Gasteiger partial charge in [-0.3, -0.25) is 4.79 Å². The number of amides is 1. The van der Waals surface area contributed by atoms with Gasteiger partial charge >= 0.3 is 0 Å². The number of piperazine rings is 1. The van der Waals surface area contributed by atoms with Gasteiger partial charge in [0, 0.05) is 32.7 Å². The molecule has 1 atom stereocenters. The minimum absolute atomic E-state index is 0.376. The van der Waals surface area contributed by atoms with E-state index in [1.54, 1.807) is 0 Å². The van der Waals surface area contributed by atoms with E-state index in [2.05, 4.69) is 28.2 Å². The van der Waals surface area contributed by atoms with Gasteiger partial charge < -0.3 is 24.6 Å². The van der Waals surface area contributed by atoms with E-state index in [9.17, 15) is 10.1 Å². The third-order valence-electron chi connectivity index (χ3n) is 6.37. The minimum atomic E-state index is -1.06. The van der Waals surface area contributed by atoms with Crippen molar-refractivity contribution in [3.8, 4) is 17.6 Å². The second-order valence-corrected chi connectivity index (χ2v) is 8.96. The van der Waals surface area contributed by atoms with Crippen LogP contribution in [0.1, 0.15) is 31.0 Å². The molecule has 9 nitrogen and oxygen atoms in total. The molecule has 0 radical (unpaired) electrons. The van der Waals surface area contributed by atoms with Crippen LogP contribution in [-0.4, -0.2) is 73.8 Å². The molecule has 1 aliphatic rings. The molecule has 194 valence electrons. The van der Waals surface area contributed by atoms with E-state index in [0.29, 0.717) is 54.7 Å². The van der Waals surface area contributed by atoms with Crippen LogP contribution in [0.4, 0.5) is 5.82 Å². The van der Waals surface area contributed by atoms with E-state index in [1.807, 2.05) is 56.3 Å². The number of rotatable bonds is 10. The summed E-state index contributed by atoms with van der Waals surface area (Å²) in [5.74, 6) is 0.560. The molecule has 1 aromatic heterocycles. The van der Waals surface area contributed by atoms with Gasteiger partial charge in [0.25, 0.3) is 0 Å². The number of ether oxygens (including phenoxy) is 2. The third kappa shape index (κ3) is 6.27. The Hall–Kier alpha value is -3.90. The lowest BCUT2D eigenvalue weighted by molar-refractivity contribution is -0.121. The van der Waals surface area contributed by atoms with E-state index in [1.165, 1.54) is 0 Å². The molecule has 2 heterocycles. The Morgan fingerprint density at radius 2 is 1.70 bits per heavy atom. The molecule has 2 aromatic carbocycles. The molecule has 0 spiro atoms. The zero-order chi connectivity index (χ0) is 26.2. The molecule has 0 bridgehead atoms. The maximum atomic E-state index is 13.2. The molecule has 1 saturated heterocycles. The Kier molecular flexibility index (Phi) is 8.75. The number of fused-ring (bicyclic) bond motifs is 1. The van der Waals surface area contributed by atoms with Crippen LogP contribution in [0.3, 0.4) is 0 Å². The highest BCUT2D eigenvalue weighted by Gasteiger charge is 2.29. The zero-order valence-corrected chi connectivity index (χ0v) is 21.7. The van der Waals surface area contributed by atoms with Gasteiger partial charge in [-0.1, -0.05) is 18.2 Å². The Morgan fingerprint density at radius 1 is 1.03 bits per heavy atom. The van der Waals surface area contributed by atoms with E-state index >= 15 is 0 Å². The number of nitrogens with one attached hydrogen (secondary N) is 1. The maximum Gasteiger partial charge on any atom is 0.243 e. The second-order valence-electron chi connectivity index (χ2n) is 8.96. The molecule has 9 heteroatoms. The van der Waals surface area contributed by atoms with Crippen molar-refractivity contribution in [1.82, 2.24) is 20.2 Å². The van der Waals surface area contributed by atoms with Crippen molar-refractivity contribution < 1.29 is 14.3 Å². The number of hydrogen-bond donors (Lipinski definition) is 1. The van der Waals surface area contributed by atoms with Crippen molar-refractivity contribution in [2.45, 2.75) is 26.2 Å². The lowest BCUT2D eigenvalue weighted by Gasteiger charge is -2.34. The molecular weight excluding hydrogens is 468 g/mol. The summed E-state index contributed by atoms with van der Waals surface area (Å²) in [7, 11) is 2.08. The highest BCUT2D eigenvalue weighted by atomic mass is 16.5. The SMILES string of the molecule is CCOc1ccc(CCNC(=O)[C@H](C#N)c2nc3ccccc3nc2N2CCN(C)CC2)cc1OCC. The lowest BCUT2D eigenvalue weighted by atomic mass is 10.0. The van der Waals surface area contributed by atoms with Crippen LogP contribution in [0, 0.1) is 11.3 Å². The highest BCUT2D eigenvalue weighted by Crippen LogP contribution is 2.30. The van der Waals surface area contributed by atoms with E-state index < -0.39 is 5.92 Å². The number of hydrogen-bond acceptors (Lipinski definition) is 8. The molecule has 3 aromatic rings. The first-order chi connectivity index (χ1) is 18.0. The van der Waals surface area contributed by atoms with Crippen LogP contribution in [0.5, 0.6) is 11.5 Å². The molecule has 4 rings (SSSR count). The molecule has 0 unspecified atom stereocenters. The average Bonchev–Trinajstić information content (AvgIpc) is 2.91. The van der Waals surface area contributed by atoms with Crippen LogP contribution in [-0.2, 0) is 11.2 Å². The van der Waals surface area contributed by atoms with Gasteiger partial charge in [0.1, 0.15) is 5.69 Å². The standard InChI is InChI=1S/C28H34N6O3/c1-4-36-24-11-10-20(18-25(24)37-5-2)12-13-30-28(35)21(19-29)26-27(34-16-14-33(3)15-17-34)32-23-9-7-6-8-22(23)31-26/h6-11,18,21H,4-5,12-17H2,1-3H3,(H,30,35)/t21-/m1/s1. The predicted molar refractivity (Wildman–Crippen MR) is 143 cm³/mol. The largest absolute Gasteiger partial charge is 0.490 e. The van der Waals surface area contributed by atoms with Crippen LogP contribution < -0.4 is 19.7 Å². The summed E-state index contributed by atoms with van der Waals surface area (Å²) in [6, 6.07) is 15.5. The number of carbonyl (C=O) groups is 1. The van der Waals surface area contributed by atoms with E-state index in [4.69, 9.17) is 19.4 Å². The summed E-state index contributed by atoms with van der Waals surface area (Å²) in [5, 5.41) is 13.0. The normalized spacial score (nSPS) is 14.7. The van der Waals surface area contributed by atoms with Crippen molar-refractivity contribution in [2.24, 2.45) is 0 Å². The first kappa shape index (κ1) is 26.2. The predicted octanol–water partition coefficient (Wildman–Crippen LogP) is 3.15. The van der Waals surface area contributed by atoms with Crippen LogP contribution >= 0.6 is 0 Å². The van der Waals surface area contributed by atoms with Crippen LogP contribution in [0.2, 0.25) is 0 Å². The summed E-state index contributed by atoms with van der Waals surface area (Å²) in [6.07, 6.45) is 0.588. The molecular formula is C28H34N6O3. The Balaban J connectivity index is 1.51. The molecule has 1 N–H and O–H groups in total.